The fourth-order valence-electron chi connectivity index (χ4n) is 2.74. The predicted molar refractivity (Wildman–Crippen MR) is 88.4 cm³/mol. The molecule has 0 aliphatic carbocycles. The number of nitrogens with two attached hydrogens (primary N) is 1. The predicted octanol–water partition coefficient (Wildman–Crippen LogP) is 4.04. The lowest BCUT2D eigenvalue weighted by atomic mass is 9.96. The highest BCUT2D eigenvalue weighted by molar-refractivity contribution is 5.40. The molecule has 0 saturated heterocycles. The standard InChI is InChI=1S/C19H23NO2/c1-13(2)14-7-9-15(10-8-14)19(20)18-11-12-21-16-5-3-4-6-17(16)22-18/h3-10,13,18-19H,11-12,20H2,1-2H3. The van der Waals surface area contributed by atoms with Crippen LogP contribution in [0.3, 0.4) is 0 Å². The highest BCUT2D eigenvalue weighted by Crippen LogP contribution is 2.33. The Morgan fingerprint density at radius 1 is 0.955 bits per heavy atom. The van der Waals surface area contributed by atoms with Crippen LogP contribution in [0.5, 0.6) is 11.5 Å². The zero-order valence-electron chi connectivity index (χ0n) is 13.2. The molecule has 0 aromatic heterocycles. The van der Waals surface area contributed by atoms with Crippen molar-refractivity contribution in [2.24, 2.45) is 5.73 Å². The molecule has 1 heterocycles. The zero-order valence-corrected chi connectivity index (χ0v) is 13.2. The molecule has 2 aromatic rings. The van der Waals surface area contributed by atoms with Gasteiger partial charge in [0.2, 0.25) is 0 Å². The van der Waals surface area contributed by atoms with Crippen molar-refractivity contribution in [3.05, 3.63) is 59.7 Å². The van der Waals surface area contributed by atoms with Gasteiger partial charge in [-0.3, -0.25) is 0 Å². The molecule has 22 heavy (non-hydrogen) atoms. The van der Waals surface area contributed by atoms with E-state index in [1.807, 2.05) is 24.3 Å². The summed E-state index contributed by atoms with van der Waals surface area (Å²) in [6.07, 6.45) is 0.704. The Kier molecular flexibility index (Phi) is 4.34. The third kappa shape index (κ3) is 3.09. The maximum Gasteiger partial charge on any atom is 0.161 e. The van der Waals surface area contributed by atoms with Crippen LogP contribution in [0.4, 0.5) is 0 Å². The van der Waals surface area contributed by atoms with Gasteiger partial charge >= 0.3 is 0 Å². The average Bonchev–Trinajstić information content (AvgIpc) is 2.76. The first kappa shape index (κ1) is 14.9. The summed E-state index contributed by atoms with van der Waals surface area (Å²) in [5.41, 5.74) is 8.87. The first-order valence-corrected chi connectivity index (χ1v) is 7.89. The molecule has 3 nitrogen and oxygen atoms in total. The van der Waals surface area contributed by atoms with E-state index >= 15 is 0 Å². The summed E-state index contributed by atoms with van der Waals surface area (Å²) in [4.78, 5) is 0. The van der Waals surface area contributed by atoms with E-state index in [4.69, 9.17) is 15.2 Å². The number of benzene rings is 2. The second-order valence-corrected chi connectivity index (χ2v) is 6.09. The van der Waals surface area contributed by atoms with Crippen LogP contribution >= 0.6 is 0 Å². The van der Waals surface area contributed by atoms with Gasteiger partial charge in [-0.1, -0.05) is 50.2 Å². The van der Waals surface area contributed by atoms with Gasteiger partial charge in [-0.05, 0) is 29.2 Å². The number of hydrogen-bond donors (Lipinski definition) is 1. The Morgan fingerprint density at radius 2 is 1.59 bits per heavy atom. The smallest absolute Gasteiger partial charge is 0.161 e. The number of ether oxygens (including phenoxy) is 2. The first-order chi connectivity index (χ1) is 10.6. The van der Waals surface area contributed by atoms with Crippen LogP contribution in [-0.4, -0.2) is 12.7 Å². The van der Waals surface area contributed by atoms with E-state index in [0.717, 1.165) is 23.5 Å². The second-order valence-electron chi connectivity index (χ2n) is 6.09. The Balaban J connectivity index is 1.78. The number of rotatable bonds is 3. The molecule has 0 spiro atoms. The molecular weight excluding hydrogens is 274 g/mol. The van der Waals surface area contributed by atoms with Crippen LogP contribution in [0, 0.1) is 0 Å². The van der Waals surface area contributed by atoms with E-state index in [9.17, 15) is 0 Å². The van der Waals surface area contributed by atoms with Crippen LogP contribution in [0.15, 0.2) is 48.5 Å². The quantitative estimate of drug-likeness (QED) is 0.930. The molecule has 1 aliphatic heterocycles. The molecular formula is C19H23NO2. The molecule has 2 atom stereocenters. The van der Waals surface area contributed by atoms with E-state index in [1.54, 1.807) is 0 Å². The highest BCUT2D eigenvalue weighted by Gasteiger charge is 2.25. The summed E-state index contributed by atoms with van der Waals surface area (Å²) in [6.45, 7) is 5.01. The van der Waals surface area contributed by atoms with E-state index in [2.05, 4.69) is 38.1 Å². The summed E-state index contributed by atoms with van der Waals surface area (Å²) in [7, 11) is 0. The molecule has 0 saturated carbocycles. The Bertz CT molecular complexity index is 622. The normalized spacial score (nSPS) is 18.8. The van der Waals surface area contributed by atoms with Gasteiger partial charge in [0.25, 0.3) is 0 Å². The van der Waals surface area contributed by atoms with Crippen LogP contribution in [0.2, 0.25) is 0 Å². The molecule has 1 aliphatic rings. The van der Waals surface area contributed by atoms with Crippen molar-refractivity contribution in [2.75, 3.05) is 6.61 Å². The van der Waals surface area contributed by atoms with Gasteiger partial charge in [-0.15, -0.1) is 0 Å². The third-order valence-corrected chi connectivity index (χ3v) is 4.18. The van der Waals surface area contributed by atoms with Crippen molar-refractivity contribution in [1.29, 1.82) is 0 Å². The van der Waals surface area contributed by atoms with Gasteiger partial charge in [-0.2, -0.15) is 0 Å². The number of para-hydroxylation sites is 2. The monoisotopic (exact) mass is 297 g/mol. The summed E-state index contributed by atoms with van der Waals surface area (Å²) < 4.78 is 11.8. The van der Waals surface area contributed by atoms with E-state index in [-0.39, 0.29) is 12.1 Å². The first-order valence-electron chi connectivity index (χ1n) is 7.89. The van der Waals surface area contributed by atoms with Crippen LogP contribution < -0.4 is 15.2 Å². The molecule has 0 fully saturated rings. The molecule has 3 heteroatoms. The minimum Gasteiger partial charge on any atom is -0.490 e. The van der Waals surface area contributed by atoms with Crippen molar-refractivity contribution >= 4 is 0 Å². The fourth-order valence-corrected chi connectivity index (χ4v) is 2.74. The molecule has 2 N–H and O–H groups in total. The average molecular weight is 297 g/mol. The topological polar surface area (TPSA) is 44.5 Å². The second kappa shape index (κ2) is 6.41. The maximum atomic E-state index is 6.44. The van der Waals surface area contributed by atoms with Gasteiger partial charge in [0.15, 0.2) is 11.5 Å². The van der Waals surface area contributed by atoms with Gasteiger partial charge < -0.3 is 15.2 Å². The number of fused-ring (bicyclic) bond motifs is 1. The number of hydrogen-bond acceptors (Lipinski definition) is 3. The lowest BCUT2D eigenvalue weighted by Crippen LogP contribution is -2.31. The fraction of sp³-hybridized carbons (Fsp3) is 0.368. The molecule has 3 rings (SSSR count). The highest BCUT2D eigenvalue weighted by atomic mass is 16.5. The molecule has 0 bridgehead atoms. The Morgan fingerprint density at radius 3 is 2.27 bits per heavy atom. The Labute approximate surface area is 132 Å². The summed E-state index contributed by atoms with van der Waals surface area (Å²) in [6, 6.07) is 16.1. The molecule has 0 amide bonds. The van der Waals surface area contributed by atoms with Crippen LogP contribution in [0.1, 0.15) is 43.4 Å². The summed E-state index contributed by atoms with van der Waals surface area (Å²) >= 11 is 0. The van der Waals surface area contributed by atoms with Gasteiger partial charge in [0.05, 0.1) is 12.6 Å². The lowest BCUT2D eigenvalue weighted by molar-refractivity contribution is 0.162. The van der Waals surface area contributed by atoms with Gasteiger partial charge in [0.1, 0.15) is 6.10 Å². The van der Waals surface area contributed by atoms with Gasteiger partial charge in [0, 0.05) is 6.42 Å². The third-order valence-electron chi connectivity index (χ3n) is 4.18. The summed E-state index contributed by atoms with van der Waals surface area (Å²) in [5, 5.41) is 0. The molecule has 0 radical (unpaired) electrons. The Hall–Kier alpha value is -2.00. The summed E-state index contributed by atoms with van der Waals surface area (Å²) in [5.74, 6) is 2.10. The van der Waals surface area contributed by atoms with Crippen molar-refractivity contribution in [1.82, 2.24) is 0 Å². The zero-order chi connectivity index (χ0) is 15.5. The minimum absolute atomic E-state index is 0.0754. The van der Waals surface area contributed by atoms with Gasteiger partial charge in [-0.25, -0.2) is 0 Å². The largest absolute Gasteiger partial charge is 0.490 e. The van der Waals surface area contributed by atoms with Crippen molar-refractivity contribution < 1.29 is 9.47 Å². The maximum absolute atomic E-state index is 6.44. The van der Waals surface area contributed by atoms with Crippen LogP contribution in [-0.2, 0) is 0 Å². The lowest BCUT2D eigenvalue weighted by Gasteiger charge is -2.23. The van der Waals surface area contributed by atoms with Crippen LogP contribution in [0.25, 0.3) is 0 Å². The SMILES string of the molecule is CC(C)c1ccc(C(N)C2CCOc3ccccc3O2)cc1. The van der Waals surface area contributed by atoms with E-state index in [0.29, 0.717) is 12.5 Å². The molecule has 116 valence electrons. The van der Waals surface area contributed by atoms with E-state index in [1.165, 1.54) is 5.56 Å². The van der Waals surface area contributed by atoms with Crippen molar-refractivity contribution in [3.63, 3.8) is 0 Å². The molecule has 2 unspecified atom stereocenters. The minimum atomic E-state index is -0.157. The van der Waals surface area contributed by atoms with E-state index < -0.39 is 0 Å². The van der Waals surface area contributed by atoms with Crippen molar-refractivity contribution in [2.45, 2.75) is 38.3 Å². The molecule has 2 aromatic carbocycles. The van der Waals surface area contributed by atoms with Crippen molar-refractivity contribution in [3.8, 4) is 11.5 Å².